The number of hydrogen-bond donors (Lipinski definition) is 2. The van der Waals surface area contributed by atoms with Crippen LogP contribution in [0.25, 0.3) is 10.9 Å². The largest absolute Gasteiger partial charge is 0.361 e. The van der Waals surface area contributed by atoms with Gasteiger partial charge in [-0.3, -0.25) is 0 Å². The number of anilines is 2. The SMILES string of the molecule is c1ccc(Nc2cccc3[nH]ccc23)nc1. The molecule has 1 aromatic carbocycles. The first-order valence-corrected chi connectivity index (χ1v) is 5.18. The Hall–Kier alpha value is -2.29. The number of pyridine rings is 1. The Balaban J connectivity index is 2.04. The molecule has 16 heavy (non-hydrogen) atoms. The molecule has 0 fully saturated rings. The van der Waals surface area contributed by atoms with E-state index in [9.17, 15) is 0 Å². The van der Waals surface area contributed by atoms with Crippen LogP contribution in [0.2, 0.25) is 0 Å². The van der Waals surface area contributed by atoms with Crippen molar-refractivity contribution < 1.29 is 0 Å². The van der Waals surface area contributed by atoms with Crippen molar-refractivity contribution in [3.05, 3.63) is 54.9 Å². The van der Waals surface area contributed by atoms with E-state index in [4.69, 9.17) is 0 Å². The average molecular weight is 209 g/mol. The number of hydrogen-bond acceptors (Lipinski definition) is 2. The molecule has 0 unspecified atom stereocenters. The highest BCUT2D eigenvalue weighted by Gasteiger charge is 2.01. The van der Waals surface area contributed by atoms with Crippen LogP contribution < -0.4 is 5.32 Å². The lowest BCUT2D eigenvalue weighted by Crippen LogP contribution is -1.92. The first-order chi connectivity index (χ1) is 7.93. The Morgan fingerprint density at radius 1 is 1.00 bits per heavy atom. The van der Waals surface area contributed by atoms with Gasteiger partial charge < -0.3 is 10.3 Å². The number of aromatic amines is 1. The van der Waals surface area contributed by atoms with E-state index in [-0.39, 0.29) is 0 Å². The van der Waals surface area contributed by atoms with Crippen LogP contribution in [0.1, 0.15) is 0 Å². The molecule has 0 aliphatic carbocycles. The Kier molecular flexibility index (Phi) is 2.07. The maximum absolute atomic E-state index is 4.24. The molecule has 3 aromatic rings. The van der Waals surface area contributed by atoms with Crippen molar-refractivity contribution in [2.75, 3.05) is 5.32 Å². The second-order valence-corrected chi connectivity index (χ2v) is 3.58. The molecule has 0 aliphatic heterocycles. The number of aromatic nitrogens is 2. The Morgan fingerprint density at radius 2 is 2.00 bits per heavy atom. The summed E-state index contributed by atoms with van der Waals surface area (Å²) >= 11 is 0. The zero-order valence-corrected chi connectivity index (χ0v) is 8.64. The van der Waals surface area contributed by atoms with E-state index in [0.717, 1.165) is 17.0 Å². The molecular formula is C13H11N3. The van der Waals surface area contributed by atoms with Crippen LogP contribution in [0.3, 0.4) is 0 Å². The van der Waals surface area contributed by atoms with Crippen LogP contribution in [0.15, 0.2) is 54.9 Å². The lowest BCUT2D eigenvalue weighted by molar-refractivity contribution is 1.31. The summed E-state index contributed by atoms with van der Waals surface area (Å²) in [6.07, 6.45) is 3.72. The summed E-state index contributed by atoms with van der Waals surface area (Å²) in [5, 5.41) is 4.48. The van der Waals surface area contributed by atoms with E-state index in [0.29, 0.717) is 0 Å². The zero-order valence-electron chi connectivity index (χ0n) is 8.64. The maximum Gasteiger partial charge on any atom is 0.130 e. The second-order valence-electron chi connectivity index (χ2n) is 3.58. The fraction of sp³-hybridized carbons (Fsp3) is 0. The minimum Gasteiger partial charge on any atom is -0.361 e. The van der Waals surface area contributed by atoms with Gasteiger partial charge >= 0.3 is 0 Å². The molecule has 2 aromatic heterocycles. The molecule has 2 N–H and O–H groups in total. The lowest BCUT2D eigenvalue weighted by atomic mass is 10.2. The minimum atomic E-state index is 0.858. The summed E-state index contributed by atoms with van der Waals surface area (Å²) in [6.45, 7) is 0. The summed E-state index contributed by atoms with van der Waals surface area (Å²) < 4.78 is 0. The average Bonchev–Trinajstić information content (AvgIpc) is 2.80. The van der Waals surface area contributed by atoms with Gasteiger partial charge in [0, 0.05) is 29.0 Å². The quantitative estimate of drug-likeness (QED) is 0.679. The van der Waals surface area contributed by atoms with Crippen molar-refractivity contribution in [2.45, 2.75) is 0 Å². The van der Waals surface area contributed by atoms with Gasteiger partial charge in [-0.1, -0.05) is 12.1 Å². The summed E-state index contributed by atoms with van der Waals surface area (Å²) in [6, 6.07) is 14.0. The van der Waals surface area contributed by atoms with Crippen molar-refractivity contribution in [1.29, 1.82) is 0 Å². The van der Waals surface area contributed by atoms with Crippen LogP contribution in [0.4, 0.5) is 11.5 Å². The number of rotatable bonds is 2. The van der Waals surface area contributed by atoms with Gasteiger partial charge in [0.15, 0.2) is 0 Å². The highest BCUT2D eigenvalue weighted by atomic mass is 15.0. The maximum atomic E-state index is 4.24. The standard InChI is InChI=1S/C13H11N3/c1-2-8-15-13(6-1)16-12-5-3-4-11-10(12)7-9-14-11/h1-9,14H,(H,15,16). The van der Waals surface area contributed by atoms with E-state index in [2.05, 4.69) is 27.4 Å². The van der Waals surface area contributed by atoms with Crippen molar-refractivity contribution in [3.8, 4) is 0 Å². The number of nitrogens with zero attached hydrogens (tertiary/aromatic N) is 1. The van der Waals surface area contributed by atoms with Gasteiger partial charge in [0.1, 0.15) is 5.82 Å². The highest BCUT2D eigenvalue weighted by molar-refractivity contribution is 5.93. The molecule has 0 aliphatic rings. The number of H-pyrrole nitrogens is 1. The van der Waals surface area contributed by atoms with Gasteiger partial charge in [-0.2, -0.15) is 0 Å². The topological polar surface area (TPSA) is 40.7 Å². The molecule has 0 bridgehead atoms. The number of nitrogens with one attached hydrogen (secondary N) is 2. The van der Waals surface area contributed by atoms with E-state index in [1.54, 1.807) is 6.20 Å². The molecule has 78 valence electrons. The van der Waals surface area contributed by atoms with Crippen molar-refractivity contribution in [1.82, 2.24) is 9.97 Å². The van der Waals surface area contributed by atoms with Gasteiger partial charge in [-0.15, -0.1) is 0 Å². The van der Waals surface area contributed by atoms with Gasteiger partial charge in [0.05, 0.1) is 0 Å². The van der Waals surface area contributed by atoms with E-state index in [1.165, 1.54) is 5.39 Å². The van der Waals surface area contributed by atoms with Crippen LogP contribution in [-0.4, -0.2) is 9.97 Å². The molecule has 0 atom stereocenters. The zero-order chi connectivity index (χ0) is 10.8. The molecule has 0 saturated carbocycles. The lowest BCUT2D eigenvalue weighted by Gasteiger charge is -2.06. The summed E-state index contributed by atoms with van der Waals surface area (Å²) in [7, 11) is 0. The first kappa shape index (κ1) is 8.97. The van der Waals surface area contributed by atoms with E-state index >= 15 is 0 Å². The van der Waals surface area contributed by atoms with Crippen LogP contribution in [0, 0.1) is 0 Å². The molecule has 0 radical (unpaired) electrons. The van der Waals surface area contributed by atoms with Crippen LogP contribution >= 0.6 is 0 Å². The molecule has 0 spiro atoms. The minimum absolute atomic E-state index is 0.858. The van der Waals surface area contributed by atoms with Crippen LogP contribution in [-0.2, 0) is 0 Å². The van der Waals surface area contributed by atoms with Gasteiger partial charge in [0.2, 0.25) is 0 Å². The van der Waals surface area contributed by atoms with Crippen molar-refractivity contribution in [3.63, 3.8) is 0 Å². The smallest absolute Gasteiger partial charge is 0.130 e. The molecule has 3 rings (SSSR count). The van der Waals surface area contributed by atoms with E-state index < -0.39 is 0 Å². The van der Waals surface area contributed by atoms with E-state index in [1.807, 2.05) is 36.5 Å². The molecule has 3 nitrogen and oxygen atoms in total. The second kappa shape index (κ2) is 3.70. The summed E-state index contributed by atoms with van der Waals surface area (Å²) in [4.78, 5) is 7.43. The predicted molar refractivity (Wildman–Crippen MR) is 65.8 cm³/mol. The Labute approximate surface area is 93.1 Å². The fourth-order valence-electron chi connectivity index (χ4n) is 1.77. The molecule has 0 amide bonds. The molecular weight excluding hydrogens is 198 g/mol. The summed E-state index contributed by atoms with van der Waals surface area (Å²) in [5.41, 5.74) is 2.19. The van der Waals surface area contributed by atoms with Crippen molar-refractivity contribution in [2.24, 2.45) is 0 Å². The predicted octanol–water partition coefficient (Wildman–Crippen LogP) is 3.31. The molecule has 0 saturated heterocycles. The monoisotopic (exact) mass is 209 g/mol. The number of fused-ring (bicyclic) bond motifs is 1. The molecule has 3 heteroatoms. The molecule has 2 heterocycles. The first-order valence-electron chi connectivity index (χ1n) is 5.18. The number of benzene rings is 1. The van der Waals surface area contributed by atoms with Gasteiger partial charge in [-0.25, -0.2) is 4.98 Å². The normalized spacial score (nSPS) is 10.5. The fourth-order valence-corrected chi connectivity index (χ4v) is 1.77. The summed E-state index contributed by atoms with van der Waals surface area (Å²) in [5.74, 6) is 0.858. The van der Waals surface area contributed by atoms with Gasteiger partial charge in [-0.05, 0) is 30.3 Å². The third-order valence-corrected chi connectivity index (χ3v) is 2.52. The highest BCUT2D eigenvalue weighted by Crippen LogP contribution is 2.24. The van der Waals surface area contributed by atoms with Gasteiger partial charge in [0.25, 0.3) is 0 Å². The Bertz CT molecular complexity index is 599. The Morgan fingerprint density at radius 3 is 2.88 bits per heavy atom. The third kappa shape index (κ3) is 1.52. The third-order valence-electron chi connectivity index (χ3n) is 2.52. The van der Waals surface area contributed by atoms with Crippen LogP contribution in [0.5, 0.6) is 0 Å². The van der Waals surface area contributed by atoms with Crippen molar-refractivity contribution >= 4 is 22.4 Å².